The Hall–Kier alpha value is -1.14. The first-order valence-electron chi connectivity index (χ1n) is 5.97. The van der Waals surface area contributed by atoms with Crippen molar-refractivity contribution in [2.75, 3.05) is 23.6 Å². The Morgan fingerprint density at radius 1 is 1.37 bits per heavy atom. The Bertz CT molecular complexity index is 573. The molecule has 1 aromatic carbocycles. The average molecular weight is 306 g/mol. The van der Waals surface area contributed by atoms with Gasteiger partial charge in [-0.25, -0.2) is 8.42 Å². The van der Waals surface area contributed by atoms with Crippen LogP contribution < -0.4 is 14.8 Å². The Labute approximate surface area is 117 Å². The molecule has 1 heterocycles. The molecule has 2 rings (SSSR count). The maximum absolute atomic E-state index is 11.6. The molecule has 1 aliphatic rings. The minimum atomic E-state index is -3.02. The smallest absolute Gasteiger partial charge is 0.231 e. The van der Waals surface area contributed by atoms with Crippen LogP contribution in [0.15, 0.2) is 12.1 Å². The summed E-state index contributed by atoms with van der Waals surface area (Å²) in [6.07, 6.45) is 0. The molecule has 0 aromatic heterocycles. The van der Waals surface area contributed by atoms with Crippen LogP contribution in [-0.2, 0) is 9.84 Å². The van der Waals surface area contributed by atoms with Gasteiger partial charge in [0.25, 0.3) is 0 Å². The zero-order chi connectivity index (χ0) is 14.0. The summed E-state index contributed by atoms with van der Waals surface area (Å²) in [4.78, 5) is 0. The number of ether oxygens (including phenoxy) is 2. The van der Waals surface area contributed by atoms with E-state index in [1.165, 1.54) is 0 Å². The van der Waals surface area contributed by atoms with E-state index in [4.69, 9.17) is 21.1 Å². The second-order valence-corrected chi connectivity index (χ2v) is 7.23. The molecule has 0 bridgehead atoms. The van der Waals surface area contributed by atoms with Crippen molar-refractivity contribution in [1.29, 1.82) is 0 Å². The molecule has 106 valence electrons. The zero-order valence-electron chi connectivity index (χ0n) is 10.8. The van der Waals surface area contributed by atoms with Gasteiger partial charge in [-0.3, -0.25) is 0 Å². The highest BCUT2D eigenvalue weighted by Gasteiger charge is 2.19. The molecule has 0 fully saturated rings. The topological polar surface area (TPSA) is 64.6 Å². The van der Waals surface area contributed by atoms with Gasteiger partial charge < -0.3 is 14.8 Å². The quantitative estimate of drug-likeness (QED) is 0.904. The lowest BCUT2D eigenvalue weighted by Gasteiger charge is -2.16. The summed E-state index contributed by atoms with van der Waals surface area (Å²) in [5.74, 6) is 1.41. The zero-order valence-corrected chi connectivity index (χ0v) is 12.3. The van der Waals surface area contributed by atoms with Crippen LogP contribution in [0.25, 0.3) is 0 Å². The number of rotatable bonds is 5. The number of sulfone groups is 1. The van der Waals surface area contributed by atoms with Gasteiger partial charge in [0.1, 0.15) is 0 Å². The van der Waals surface area contributed by atoms with Crippen molar-refractivity contribution in [2.45, 2.75) is 19.9 Å². The number of nitrogens with one attached hydrogen (secondary N) is 1. The molecule has 1 aromatic rings. The van der Waals surface area contributed by atoms with Gasteiger partial charge in [0, 0.05) is 23.9 Å². The van der Waals surface area contributed by atoms with Gasteiger partial charge in [0.2, 0.25) is 6.79 Å². The van der Waals surface area contributed by atoms with Crippen molar-refractivity contribution in [2.24, 2.45) is 0 Å². The average Bonchev–Trinajstić information content (AvgIpc) is 2.76. The third kappa shape index (κ3) is 3.45. The second-order valence-electron chi connectivity index (χ2n) is 4.43. The molecule has 0 radical (unpaired) electrons. The van der Waals surface area contributed by atoms with Gasteiger partial charge in [0.05, 0.1) is 16.5 Å². The van der Waals surface area contributed by atoms with Crippen LogP contribution in [0.4, 0.5) is 5.69 Å². The van der Waals surface area contributed by atoms with E-state index in [9.17, 15) is 8.42 Å². The van der Waals surface area contributed by atoms with E-state index in [-0.39, 0.29) is 24.3 Å². The van der Waals surface area contributed by atoms with Crippen molar-refractivity contribution in [3.8, 4) is 11.5 Å². The first-order valence-corrected chi connectivity index (χ1v) is 8.17. The van der Waals surface area contributed by atoms with E-state index in [0.29, 0.717) is 22.2 Å². The first kappa shape index (κ1) is 14.3. The van der Waals surface area contributed by atoms with E-state index < -0.39 is 9.84 Å². The predicted octanol–water partition coefficient (Wildman–Crippen LogP) is 2.30. The summed E-state index contributed by atoms with van der Waals surface area (Å²) in [6.45, 7) is 3.61. The molecule has 1 unspecified atom stereocenters. The third-order valence-corrected chi connectivity index (χ3v) is 5.01. The van der Waals surface area contributed by atoms with E-state index in [2.05, 4.69) is 5.32 Å². The minimum absolute atomic E-state index is 0.0638. The van der Waals surface area contributed by atoms with Crippen molar-refractivity contribution in [3.63, 3.8) is 0 Å². The van der Waals surface area contributed by atoms with Crippen molar-refractivity contribution >= 4 is 27.1 Å². The number of benzene rings is 1. The van der Waals surface area contributed by atoms with Crippen LogP contribution in [0.1, 0.15) is 13.8 Å². The molecule has 0 spiro atoms. The molecule has 1 N–H and O–H groups in total. The van der Waals surface area contributed by atoms with E-state index >= 15 is 0 Å². The van der Waals surface area contributed by atoms with Gasteiger partial charge in [0.15, 0.2) is 21.3 Å². The summed E-state index contributed by atoms with van der Waals surface area (Å²) < 4.78 is 33.6. The van der Waals surface area contributed by atoms with Crippen LogP contribution in [0.2, 0.25) is 5.02 Å². The van der Waals surface area contributed by atoms with Crippen LogP contribution in [-0.4, -0.2) is 32.8 Å². The maximum atomic E-state index is 11.6. The highest BCUT2D eigenvalue weighted by molar-refractivity contribution is 7.91. The molecule has 0 saturated carbocycles. The monoisotopic (exact) mass is 305 g/mol. The standard InChI is InChI=1S/C12H16ClNO4S/c1-3-19(15,16)6-8(2)14-10-5-12-11(4-9(10)13)17-7-18-12/h4-5,8,14H,3,6-7H2,1-2H3. The Morgan fingerprint density at radius 2 is 2.00 bits per heavy atom. The summed E-state index contributed by atoms with van der Waals surface area (Å²) in [6, 6.07) is 3.15. The summed E-state index contributed by atoms with van der Waals surface area (Å²) in [5, 5.41) is 3.56. The fourth-order valence-corrected chi connectivity index (χ4v) is 3.12. The molecule has 0 aliphatic carbocycles. The highest BCUT2D eigenvalue weighted by Crippen LogP contribution is 2.39. The van der Waals surface area contributed by atoms with E-state index in [0.717, 1.165) is 0 Å². The number of anilines is 1. The summed E-state index contributed by atoms with van der Waals surface area (Å²) in [7, 11) is -3.02. The van der Waals surface area contributed by atoms with Crippen molar-refractivity contribution in [1.82, 2.24) is 0 Å². The SMILES string of the molecule is CCS(=O)(=O)CC(C)Nc1cc2c(cc1Cl)OCO2. The van der Waals surface area contributed by atoms with Gasteiger partial charge in [-0.05, 0) is 6.92 Å². The second kappa shape index (κ2) is 5.46. The fraction of sp³-hybridized carbons (Fsp3) is 0.500. The fourth-order valence-electron chi connectivity index (χ4n) is 1.83. The summed E-state index contributed by atoms with van der Waals surface area (Å²) >= 11 is 6.11. The molecule has 0 saturated heterocycles. The molecule has 19 heavy (non-hydrogen) atoms. The van der Waals surface area contributed by atoms with E-state index in [1.54, 1.807) is 26.0 Å². The number of fused-ring (bicyclic) bond motifs is 1. The van der Waals surface area contributed by atoms with Gasteiger partial charge >= 0.3 is 0 Å². The van der Waals surface area contributed by atoms with Crippen molar-refractivity contribution < 1.29 is 17.9 Å². The molecule has 0 amide bonds. The minimum Gasteiger partial charge on any atom is -0.454 e. The van der Waals surface area contributed by atoms with Gasteiger partial charge in [-0.2, -0.15) is 0 Å². The maximum Gasteiger partial charge on any atom is 0.231 e. The molecule has 7 heteroatoms. The van der Waals surface area contributed by atoms with Crippen LogP contribution in [0.5, 0.6) is 11.5 Å². The van der Waals surface area contributed by atoms with Crippen LogP contribution in [0.3, 0.4) is 0 Å². The van der Waals surface area contributed by atoms with Gasteiger partial charge in [-0.1, -0.05) is 18.5 Å². The molecule has 1 aliphatic heterocycles. The lowest BCUT2D eigenvalue weighted by molar-refractivity contribution is 0.174. The number of hydrogen-bond donors (Lipinski definition) is 1. The first-order chi connectivity index (χ1) is 8.91. The lowest BCUT2D eigenvalue weighted by Crippen LogP contribution is -2.26. The molecular weight excluding hydrogens is 290 g/mol. The summed E-state index contributed by atoms with van der Waals surface area (Å²) in [5.41, 5.74) is 0.643. The number of halogens is 1. The van der Waals surface area contributed by atoms with Crippen LogP contribution >= 0.6 is 11.6 Å². The Kier molecular flexibility index (Phi) is 4.10. The van der Waals surface area contributed by atoms with Crippen molar-refractivity contribution in [3.05, 3.63) is 17.2 Å². The molecule has 5 nitrogen and oxygen atoms in total. The highest BCUT2D eigenvalue weighted by atomic mass is 35.5. The normalized spacial score (nSPS) is 15.3. The largest absolute Gasteiger partial charge is 0.454 e. The predicted molar refractivity (Wildman–Crippen MR) is 75.0 cm³/mol. The Balaban J connectivity index is 2.11. The van der Waals surface area contributed by atoms with E-state index in [1.807, 2.05) is 0 Å². The molecule has 1 atom stereocenters. The lowest BCUT2D eigenvalue weighted by atomic mass is 10.2. The third-order valence-electron chi connectivity index (χ3n) is 2.81. The number of hydrogen-bond acceptors (Lipinski definition) is 5. The van der Waals surface area contributed by atoms with Gasteiger partial charge in [-0.15, -0.1) is 0 Å². The van der Waals surface area contributed by atoms with Crippen LogP contribution in [0, 0.1) is 0 Å². The Morgan fingerprint density at radius 3 is 2.63 bits per heavy atom. The molecular formula is C12H16ClNO4S.